The van der Waals surface area contributed by atoms with Crippen molar-refractivity contribution in [2.24, 2.45) is 5.92 Å². The molecular formula is C15H33N3O. The molecule has 0 aliphatic carbocycles. The molecule has 1 aliphatic rings. The van der Waals surface area contributed by atoms with Crippen molar-refractivity contribution in [1.82, 2.24) is 15.1 Å². The third kappa shape index (κ3) is 7.88. The van der Waals surface area contributed by atoms with E-state index in [1.807, 2.05) is 0 Å². The number of nitrogens with one attached hydrogen (secondary N) is 1. The summed E-state index contributed by atoms with van der Waals surface area (Å²) in [5.41, 5.74) is 0.0803. The van der Waals surface area contributed by atoms with Gasteiger partial charge in [0.05, 0.1) is 6.10 Å². The lowest BCUT2D eigenvalue weighted by Gasteiger charge is -2.36. The summed E-state index contributed by atoms with van der Waals surface area (Å²) in [5, 5.41) is 13.4. The molecule has 0 aromatic carbocycles. The molecule has 1 atom stereocenters. The summed E-state index contributed by atoms with van der Waals surface area (Å²) in [6.07, 6.45) is -0.268. The van der Waals surface area contributed by atoms with Crippen LogP contribution in [-0.2, 0) is 0 Å². The first-order chi connectivity index (χ1) is 8.76. The number of β-amino-alcohol motifs (C(OH)–C–C–N with tert-alkyl or cyclic N) is 1. The van der Waals surface area contributed by atoms with E-state index in [9.17, 15) is 5.11 Å². The van der Waals surface area contributed by atoms with Gasteiger partial charge in [-0.2, -0.15) is 0 Å². The lowest BCUT2D eigenvalue weighted by Crippen LogP contribution is -2.51. The molecule has 0 saturated carbocycles. The normalized spacial score (nSPS) is 21.0. The molecule has 4 nitrogen and oxygen atoms in total. The topological polar surface area (TPSA) is 38.7 Å². The lowest BCUT2D eigenvalue weighted by molar-refractivity contribution is 0.0659. The van der Waals surface area contributed by atoms with Crippen LogP contribution in [0.1, 0.15) is 34.6 Å². The molecule has 0 radical (unpaired) electrons. The fourth-order valence-corrected chi connectivity index (χ4v) is 2.46. The van der Waals surface area contributed by atoms with Crippen molar-refractivity contribution >= 4 is 0 Å². The van der Waals surface area contributed by atoms with Crippen molar-refractivity contribution in [3.05, 3.63) is 0 Å². The van der Waals surface area contributed by atoms with Crippen LogP contribution in [0.25, 0.3) is 0 Å². The summed E-state index contributed by atoms with van der Waals surface area (Å²) in [6.45, 7) is 18.0. The van der Waals surface area contributed by atoms with Crippen LogP contribution in [0, 0.1) is 5.92 Å². The first kappa shape index (κ1) is 16.9. The van der Waals surface area contributed by atoms with Crippen LogP contribution in [0.2, 0.25) is 0 Å². The van der Waals surface area contributed by atoms with Gasteiger partial charge in [-0.1, -0.05) is 13.8 Å². The van der Waals surface area contributed by atoms with E-state index in [1.54, 1.807) is 0 Å². The van der Waals surface area contributed by atoms with Crippen molar-refractivity contribution in [2.75, 3.05) is 45.8 Å². The Hall–Kier alpha value is -0.160. The Balaban J connectivity index is 2.18. The fourth-order valence-electron chi connectivity index (χ4n) is 2.46. The maximum absolute atomic E-state index is 10.1. The number of hydrogen-bond acceptors (Lipinski definition) is 4. The Morgan fingerprint density at radius 2 is 1.47 bits per heavy atom. The third-order valence-corrected chi connectivity index (χ3v) is 3.43. The Morgan fingerprint density at radius 3 is 1.89 bits per heavy atom. The zero-order chi connectivity index (χ0) is 14.5. The molecule has 1 aliphatic heterocycles. The average molecular weight is 271 g/mol. The number of aliphatic hydroxyl groups excluding tert-OH is 1. The molecule has 1 rings (SSSR count). The predicted octanol–water partition coefficient (Wildman–Crippen LogP) is 1.01. The molecule has 1 fully saturated rings. The highest BCUT2D eigenvalue weighted by atomic mass is 16.3. The monoisotopic (exact) mass is 271 g/mol. The molecule has 0 aromatic rings. The van der Waals surface area contributed by atoms with E-state index in [-0.39, 0.29) is 11.6 Å². The quantitative estimate of drug-likeness (QED) is 0.756. The smallest absolute Gasteiger partial charge is 0.0791 e. The second-order valence-electron chi connectivity index (χ2n) is 7.28. The second-order valence-corrected chi connectivity index (χ2v) is 7.28. The molecule has 0 spiro atoms. The SMILES string of the molecule is CC(C)CN1CCN(CC(O)CNC(C)(C)C)CC1. The number of rotatable bonds is 6. The summed E-state index contributed by atoms with van der Waals surface area (Å²) in [5.74, 6) is 0.744. The van der Waals surface area contributed by atoms with Crippen LogP contribution in [0.5, 0.6) is 0 Å². The van der Waals surface area contributed by atoms with Crippen LogP contribution < -0.4 is 5.32 Å². The van der Waals surface area contributed by atoms with Gasteiger partial charge in [-0.15, -0.1) is 0 Å². The third-order valence-electron chi connectivity index (χ3n) is 3.43. The molecule has 1 unspecified atom stereocenters. The van der Waals surface area contributed by atoms with Crippen molar-refractivity contribution in [3.8, 4) is 0 Å². The first-order valence-corrected chi connectivity index (χ1v) is 7.64. The second kappa shape index (κ2) is 7.58. The minimum atomic E-state index is -0.268. The van der Waals surface area contributed by atoms with Gasteiger partial charge in [-0.05, 0) is 26.7 Å². The van der Waals surface area contributed by atoms with Gasteiger partial charge < -0.3 is 15.3 Å². The molecular weight excluding hydrogens is 238 g/mol. The zero-order valence-corrected chi connectivity index (χ0v) is 13.4. The molecule has 0 amide bonds. The van der Waals surface area contributed by atoms with E-state index in [0.29, 0.717) is 6.54 Å². The van der Waals surface area contributed by atoms with Crippen LogP contribution in [-0.4, -0.2) is 72.4 Å². The van der Waals surface area contributed by atoms with E-state index in [0.717, 1.165) is 38.6 Å². The van der Waals surface area contributed by atoms with E-state index in [4.69, 9.17) is 0 Å². The Kier molecular flexibility index (Phi) is 6.74. The van der Waals surface area contributed by atoms with Crippen molar-refractivity contribution in [1.29, 1.82) is 0 Å². The largest absolute Gasteiger partial charge is 0.390 e. The summed E-state index contributed by atoms with van der Waals surface area (Å²) in [7, 11) is 0. The molecule has 1 saturated heterocycles. The van der Waals surface area contributed by atoms with Crippen molar-refractivity contribution < 1.29 is 5.11 Å². The number of hydrogen-bond donors (Lipinski definition) is 2. The minimum absolute atomic E-state index is 0.0803. The average Bonchev–Trinajstić information content (AvgIpc) is 2.28. The molecule has 4 heteroatoms. The van der Waals surface area contributed by atoms with Gasteiger partial charge in [0.25, 0.3) is 0 Å². The number of aliphatic hydroxyl groups is 1. The van der Waals surface area contributed by atoms with Gasteiger partial charge >= 0.3 is 0 Å². The molecule has 1 heterocycles. The maximum atomic E-state index is 10.1. The highest BCUT2D eigenvalue weighted by Crippen LogP contribution is 2.06. The molecule has 0 aromatic heterocycles. The standard InChI is InChI=1S/C15H33N3O/c1-13(2)11-17-6-8-18(9-7-17)12-14(19)10-16-15(3,4)5/h13-14,16,19H,6-12H2,1-5H3. The van der Waals surface area contributed by atoms with Gasteiger partial charge in [-0.3, -0.25) is 4.90 Å². The van der Waals surface area contributed by atoms with Gasteiger partial charge in [0.2, 0.25) is 0 Å². The minimum Gasteiger partial charge on any atom is -0.390 e. The summed E-state index contributed by atoms with van der Waals surface area (Å²) >= 11 is 0. The van der Waals surface area contributed by atoms with E-state index >= 15 is 0 Å². The summed E-state index contributed by atoms with van der Waals surface area (Å²) in [4.78, 5) is 4.91. The molecule has 0 bridgehead atoms. The van der Waals surface area contributed by atoms with Gasteiger partial charge in [0, 0.05) is 51.4 Å². The van der Waals surface area contributed by atoms with E-state index in [2.05, 4.69) is 49.7 Å². The predicted molar refractivity (Wildman–Crippen MR) is 81.5 cm³/mol. The maximum Gasteiger partial charge on any atom is 0.0791 e. The molecule has 114 valence electrons. The highest BCUT2D eigenvalue weighted by Gasteiger charge is 2.20. The van der Waals surface area contributed by atoms with Gasteiger partial charge in [-0.25, -0.2) is 0 Å². The Labute approximate surface area is 119 Å². The number of piperazine rings is 1. The van der Waals surface area contributed by atoms with Crippen LogP contribution in [0.4, 0.5) is 0 Å². The summed E-state index contributed by atoms with van der Waals surface area (Å²) in [6, 6.07) is 0. The Morgan fingerprint density at radius 1 is 1.00 bits per heavy atom. The van der Waals surface area contributed by atoms with Crippen molar-refractivity contribution in [2.45, 2.75) is 46.3 Å². The first-order valence-electron chi connectivity index (χ1n) is 7.64. The lowest BCUT2D eigenvalue weighted by atomic mass is 10.1. The van der Waals surface area contributed by atoms with Crippen LogP contribution >= 0.6 is 0 Å². The van der Waals surface area contributed by atoms with Crippen molar-refractivity contribution in [3.63, 3.8) is 0 Å². The summed E-state index contributed by atoms with van der Waals surface area (Å²) < 4.78 is 0. The van der Waals surface area contributed by atoms with E-state index < -0.39 is 0 Å². The molecule has 2 N–H and O–H groups in total. The van der Waals surface area contributed by atoms with E-state index in [1.165, 1.54) is 6.54 Å². The Bertz CT molecular complexity index is 242. The zero-order valence-electron chi connectivity index (χ0n) is 13.4. The van der Waals surface area contributed by atoms with Crippen LogP contribution in [0.15, 0.2) is 0 Å². The molecule has 19 heavy (non-hydrogen) atoms. The number of nitrogens with zero attached hydrogens (tertiary/aromatic N) is 2. The van der Waals surface area contributed by atoms with Crippen LogP contribution in [0.3, 0.4) is 0 Å². The van der Waals surface area contributed by atoms with Gasteiger partial charge in [0.1, 0.15) is 0 Å². The highest BCUT2D eigenvalue weighted by molar-refractivity contribution is 4.78. The van der Waals surface area contributed by atoms with Gasteiger partial charge in [0.15, 0.2) is 0 Å². The fraction of sp³-hybridized carbons (Fsp3) is 1.00.